The van der Waals surface area contributed by atoms with Crippen molar-refractivity contribution in [1.82, 2.24) is 0 Å². The monoisotopic (exact) mass is 294 g/mol. The number of hydrogen-bond donors (Lipinski definition) is 0. The van der Waals surface area contributed by atoms with Crippen molar-refractivity contribution in [2.24, 2.45) is 5.92 Å². The third-order valence-electron chi connectivity index (χ3n) is 3.64. The topological polar surface area (TPSA) is 53.3 Å². The lowest BCUT2D eigenvalue weighted by atomic mass is 9.96. The summed E-state index contributed by atoms with van der Waals surface area (Å²) in [7, 11) is 0. The molecule has 0 unspecified atom stereocenters. The molecule has 0 bridgehead atoms. The Morgan fingerprint density at radius 3 is 2.62 bits per heavy atom. The molecule has 0 aliphatic carbocycles. The van der Waals surface area contributed by atoms with Gasteiger partial charge in [0.15, 0.2) is 11.6 Å². The number of nitriles is 1. The number of piperidine rings is 1. The van der Waals surface area contributed by atoms with Gasteiger partial charge in [-0.15, -0.1) is 0 Å². The molecule has 1 saturated heterocycles. The van der Waals surface area contributed by atoms with Crippen LogP contribution < -0.4 is 4.90 Å². The summed E-state index contributed by atoms with van der Waals surface area (Å²) in [5, 5.41) is 8.67. The van der Waals surface area contributed by atoms with Crippen LogP contribution in [-0.4, -0.2) is 25.7 Å². The molecule has 0 saturated carbocycles. The van der Waals surface area contributed by atoms with Crippen LogP contribution in [0.2, 0.25) is 0 Å². The van der Waals surface area contributed by atoms with Gasteiger partial charge < -0.3 is 9.64 Å². The maximum atomic E-state index is 14.0. The number of ether oxygens (including phenoxy) is 1. The Hall–Kier alpha value is -2.16. The van der Waals surface area contributed by atoms with E-state index in [1.54, 1.807) is 17.9 Å². The van der Waals surface area contributed by atoms with E-state index in [0.717, 1.165) is 0 Å². The predicted molar refractivity (Wildman–Crippen MR) is 72.6 cm³/mol. The third-order valence-corrected chi connectivity index (χ3v) is 3.64. The number of halogens is 2. The summed E-state index contributed by atoms with van der Waals surface area (Å²) in [4.78, 5) is 13.3. The lowest BCUT2D eigenvalue weighted by Gasteiger charge is -2.32. The lowest BCUT2D eigenvalue weighted by Crippen LogP contribution is -2.37. The minimum absolute atomic E-state index is 0.133. The van der Waals surface area contributed by atoms with Crippen LogP contribution in [0, 0.1) is 28.9 Å². The van der Waals surface area contributed by atoms with Crippen molar-refractivity contribution in [3.05, 3.63) is 29.3 Å². The van der Waals surface area contributed by atoms with Crippen molar-refractivity contribution in [3.8, 4) is 6.07 Å². The van der Waals surface area contributed by atoms with E-state index in [-0.39, 0.29) is 23.1 Å². The zero-order valence-electron chi connectivity index (χ0n) is 11.7. The first-order chi connectivity index (χ1) is 10.1. The van der Waals surface area contributed by atoms with Crippen molar-refractivity contribution in [1.29, 1.82) is 5.26 Å². The molecule has 2 rings (SSSR count). The Morgan fingerprint density at radius 2 is 2.05 bits per heavy atom. The average molecular weight is 294 g/mol. The zero-order chi connectivity index (χ0) is 15.4. The molecule has 112 valence electrons. The first-order valence-electron chi connectivity index (χ1n) is 6.88. The number of hydrogen-bond acceptors (Lipinski definition) is 4. The van der Waals surface area contributed by atoms with Crippen molar-refractivity contribution in [2.45, 2.75) is 19.8 Å². The van der Waals surface area contributed by atoms with Gasteiger partial charge in [0, 0.05) is 13.1 Å². The zero-order valence-corrected chi connectivity index (χ0v) is 11.7. The molecule has 0 radical (unpaired) electrons. The SMILES string of the molecule is CCOC(=O)C1CCN(c2ccc(C#N)c(F)c2F)CC1. The van der Waals surface area contributed by atoms with Crippen LogP contribution in [0.4, 0.5) is 14.5 Å². The Bertz CT molecular complexity index is 576. The van der Waals surface area contributed by atoms with Crippen LogP contribution in [-0.2, 0) is 9.53 Å². The first kappa shape index (κ1) is 15.2. The summed E-state index contributed by atoms with van der Waals surface area (Å²) >= 11 is 0. The quantitative estimate of drug-likeness (QED) is 0.804. The molecule has 0 N–H and O–H groups in total. The second-order valence-corrected chi connectivity index (χ2v) is 4.89. The molecule has 4 nitrogen and oxygen atoms in total. The summed E-state index contributed by atoms with van der Waals surface area (Å²) in [5.41, 5.74) is -0.175. The molecule has 21 heavy (non-hydrogen) atoms. The van der Waals surface area contributed by atoms with Crippen molar-refractivity contribution < 1.29 is 18.3 Å². The smallest absolute Gasteiger partial charge is 0.309 e. The molecule has 0 spiro atoms. The summed E-state index contributed by atoms with van der Waals surface area (Å²) in [6.07, 6.45) is 1.08. The molecule has 1 aromatic rings. The summed E-state index contributed by atoms with van der Waals surface area (Å²) in [6.45, 7) is 2.99. The number of nitrogens with zero attached hydrogens (tertiary/aromatic N) is 2. The highest BCUT2D eigenvalue weighted by Crippen LogP contribution is 2.28. The molecule has 1 aliphatic rings. The predicted octanol–water partition coefficient (Wildman–Crippen LogP) is 2.62. The second kappa shape index (κ2) is 6.53. The highest BCUT2D eigenvalue weighted by molar-refractivity contribution is 5.73. The maximum Gasteiger partial charge on any atom is 0.309 e. The van der Waals surface area contributed by atoms with Crippen molar-refractivity contribution in [3.63, 3.8) is 0 Å². The Balaban J connectivity index is 2.08. The Kier molecular flexibility index (Phi) is 4.73. The Labute approximate surface area is 121 Å². The molecule has 1 fully saturated rings. The maximum absolute atomic E-state index is 14.0. The first-order valence-corrected chi connectivity index (χ1v) is 6.88. The normalized spacial score (nSPS) is 15.6. The number of carbonyl (C=O) groups excluding carboxylic acids is 1. The average Bonchev–Trinajstić information content (AvgIpc) is 2.50. The van der Waals surface area contributed by atoms with Gasteiger partial charge in [0.2, 0.25) is 0 Å². The van der Waals surface area contributed by atoms with Crippen LogP contribution in [0.5, 0.6) is 0 Å². The van der Waals surface area contributed by atoms with E-state index in [1.165, 1.54) is 12.1 Å². The van der Waals surface area contributed by atoms with Crippen molar-refractivity contribution >= 4 is 11.7 Å². The number of esters is 1. The summed E-state index contributed by atoms with van der Waals surface area (Å²) < 4.78 is 32.5. The highest BCUT2D eigenvalue weighted by Gasteiger charge is 2.28. The minimum atomic E-state index is -1.12. The molecule has 0 atom stereocenters. The van der Waals surface area contributed by atoms with E-state index in [0.29, 0.717) is 32.5 Å². The minimum Gasteiger partial charge on any atom is -0.466 e. The largest absolute Gasteiger partial charge is 0.466 e. The van der Waals surface area contributed by atoms with Crippen LogP contribution >= 0.6 is 0 Å². The molecular weight excluding hydrogens is 278 g/mol. The molecule has 0 aromatic heterocycles. The summed E-state index contributed by atoms with van der Waals surface area (Å²) in [5.74, 6) is -2.55. The van der Waals surface area contributed by atoms with Gasteiger partial charge in [0.1, 0.15) is 6.07 Å². The molecule has 6 heteroatoms. The number of carbonyl (C=O) groups is 1. The van der Waals surface area contributed by atoms with E-state index in [1.807, 2.05) is 0 Å². The van der Waals surface area contributed by atoms with Gasteiger partial charge >= 0.3 is 5.97 Å². The Morgan fingerprint density at radius 1 is 1.38 bits per heavy atom. The van der Waals surface area contributed by atoms with E-state index in [9.17, 15) is 13.6 Å². The van der Waals surface area contributed by atoms with Gasteiger partial charge in [-0.2, -0.15) is 5.26 Å². The van der Waals surface area contributed by atoms with Crippen LogP contribution in [0.1, 0.15) is 25.3 Å². The van der Waals surface area contributed by atoms with Gasteiger partial charge in [-0.3, -0.25) is 4.79 Å². The van der Waals surface area contributed by atoms with Crippen LogP contribution in [0.25, 0.3) is 0 Å². The molecule has 1 heterocycles. The fraction of sp³-hybridized carbons (Fsp3) is 0.467. The fourth-order valence-corrected chi connectivity index (χ4v) is 2.49. The lowest BCUT2D eigenvalue weighted by molar-refractivity contribution is -0.148. The second-order valence-electron chi connectivity index (χ2n) is 4.89. The number of anilines is 1. The van der Waals surface area contributed by atoms with Crippen molar-refractivity contribution in [2.75, 3.05) is 24.6 Å². The molecule has 0 amide bonds. The highest BCUT2D eigenvalue weighted by atomic mass is 19.2. The van der Waals surface area contributed by atoms with E-state index in [4.69, 9.17) is 10.00 Å². The fourth-order valence-electron chi connectivity index (χ4n) is 2.49. The number of benzene rings is 1. The summed E-state index contributed by atoms with van der Waals surface area (Å²) in [6, 6.07) is 4.28. The van der Waals surface area contributed by atoms with E-state index in [2.05, 4.69) is 0 Å². The van der Waals surface area contributed by atoms with Gasteiger partial charge in [-0.25, -0.2) is 8.78 Å². The standard InChI is InChI=1S/C15H16F2N2O2/c1-2-21-15(20)10-5-7-19(8-6-10)12-4-3-11(9-18)13(16)14(12)17/h3-4,10H,2,5-8H2,1H3. The van der Waals surface area contributed by atoms with Crippen LogP contribution in [0.3, 0.4) is 0 Å². The third kappa shape index (κ3) is 3.13. The van der Waals surface area contributed by atoms with E-state index < -0.39 is 11.6 Å². The van der Waals surface area contributed by atoms with Gasteiger partial charge in [-0.1, -0.05) is 0 Å². The number of rotatable bonds is 3. The van der Waals surface area contributed by atoms with Gasteiger partial charge in [0.05, 0.1) is 23.8 Å². The van der Waals surface area contributed by atoms with Gasteiger partial charge in [-0.05, 0) is 31.9 Å². The molecular formula is C15H16F2N2O2. The van der Waals surface area contributed by atoms with Crippen LogP contribution in [0.15, 0.2) is 12.1 Å². The molecule has 1 aliphatic heterocycles. The van der Waals surface area contributed by atoms with E-state index >= 15 is 0 Å². The van der Waals surface area contributed by atoms with Gasteiger partial charge in [0.25, 0.3) is 0 Å². The molecule has 1 aromatic carbocycles.